The number of nitrogen functional groups attached to an aromatic ring is 1. The molecular formula is C12H22N6. The molecular weight excluding hydrogens is 228 g/mol. The topological polar surface area (TPSA) is 70.3 Å². The van der Waals surface area contributed by atoms with Gasteiger partial charge in [-0.25, -0.2) is 0 Å². The van der Waals surface area contributed by atoms with Crippen molar-refractivity contribution in [3.05, 3.63) is 6.07 Å². The number of hydrogen-bond acceptors (Lipinski definition) is 6. The van der Waals surface area contributed by atoms with Crippen molar-refractivity contribution in [2.45, 2.75) is 19.9 Å². The third-order valence-corrected chi connectivity index (χ3v) is 3.48. The number of nitrogens with two attached hydrogens (primary N) is 1. The maximum Gasteiger partial charge on any atom is 0.223 e. The van der Waals surface area contributed by atoms with Crippen molar-refractivity contribution in [1.82, 2.24) is 14.9 Å². The summed E-state index contributed by atoms with van der Waals surface area (Å²) in [4.78, 5) is 13.2. The van der Waals surface area contributed by atoms with Crippen LogP contribution in [0.5, 0.6) is 0 Å². The number of nitrogens with one attached hydrogen (secondary N) is 1. The second-order valence-electron chi connectivity index (χ2n) is 4.64. The summed E-state index contributed by atoms with van der Waals surface area (Å²) in [5, 5.41) is 3.01. The van der Waals surface area contributed by atoms with Crippen molar-refractivity contribution >= 4 is 17.6 Å². The molecule has 0 bridgehead atoms. The normalized spacial score (nSPS) is 21.1. The fourth-order valence-corrected chi connectivity index (χ4v) is 2.42. The molecule has 0 spiro atoms. The zero-order valence-corrected chi connectivity index (χ0v) is 11.3. The highest BCUT2D eigenvalue weighted by Crippen LogP contribution is 2.20. The molecule has 0 aliphatic carbocycles. The van der Waals surface area contributed by atoms with Gasteiger partial charge in [-0.15, -0.1) is 0 Å². The Labute approximate surface area is 108 Å². The molecule has 0 radical (unpaired) electrons. The minimum atomic E-state index is 0.322. The smallest absolute Gasteiger partial charge is 0.223 e. The van der Waals surface area contributed by atoms with Gasteiger partial charge in [0.05, 0.1) is 0 Å². The Morgan fingerprint density at radius 3 is 2.83 bits per heavy atom. The predicted octanol–water partition coefficient (Wildman–Crippen LogP) is 0.631. The maximum atomic E-state index is 5.73. The van der Waals surface area contributed by atoms with E-state index in [0.29, 0.717) is 12.0 Å². The molecule has 100 valence electrons. The number of piperazine rings is 1. The van der Waals surface area contributed by atoms with Crippen LogP contribution in [0.2, 0.25) is 0 Å². The standard InChI is InChI=1S/C12H22N6/c1-4-17-5-6-18(8-9(17)2)11-7-10(14-3)15-12(13)16-11/h7,9H,4-6,8H2,1-3H3,(H3,13,14,15,16). The summed E-state index contributed by atoms with van der Waals surface area (Å²) in [7, 11) is 1.84. The van der Waals surface area contributed by atoms with Gasteiger partial charge in [0.15, 0.2) is 0 Å². The van der Waals surface area contributed by atoms with E-state index in [-0.39, 0.29) is 0 Å². The first-order chi connectivity index (χ1) is 8.63. The molecule has 18 heavy (non-hydrogen) atoms. The van der Waals surface area contributed by atoms with Gasteiger partial charge in [-0.3, -0.25) is 4.90 Å². The number of anilines is 3. The Bertz CT molecular complexity index is 408. The number of hydrogen-bond donors (Lipinski definition) is 2. The third-order valence-electron chi connectivity index (χ3n) is 3.48. The van der Waals surface area contributed by atoms with Crippen molar-refractivity contribution in [2.75, 3.05) is 49.2 Å². The lowest BCUT2D eigenvalue weighted by Gasteiger charge is -2.39. The van der Waals surface area contributed by atoms with Crippen LogP contribution >= 0.6 is 0 Å². The van der Waals surface area contributed by atoms with Crippen LogP contribution in [0.3, 0.4) is 0 Å². The molecule has 0 saturated carbocycles. The maximum absolute atomic E-state index is 5.73. The van der Waals surface area contributed by atoms with E-state index < -0.39 is 0 Å². The lowest BCUT2D eigenvalue weighted by molar-refractivity contribution is 0.199. The first-order valence-corrected chi connectivity index (χ1v) is 6.45. The monoisotopic (exact) mass is 250 g/mol. The summed E-state index contributed by atoms with van der Waals surface area (Å²) in [6.07, 6.45) is 0. The van der Waals surface area contributed by atoms with E-state index in [2.05, 4.69) is 38.9 Å². The van der Waals surface area contributed by atoms with Crippen molar-refractivity contribution in [3.8, 4) is 0 Å². The highest BCUT2D eigenvalue weighted by Gasteiger charge is 2.23. The molecule has 1 aliphatic heterocycles. The van der Waals surface area contributed by atoms with Gasteiger partial charge in [0.2, 0.25) is 5.95 Å². The van der Waals surface area contributed by atoms with Crippen LogP contribution in [0.1, 0.15) is 13.8 Å². The van der Waals surface area contributed by atoms with Crippen LogP contribution in [0, 0.1) is 0 Å². The number of nitrogens with zero attached hydrogens (tertiary/aromatic N) is 4. The van der Waals surface area contributed by atoms with Crippen LogP contribution in [0.4, 0.5) is 17.6 Å². The van der Waals surface area contributed by atoms with Gasteiger partial charge in [0, 0.05) is 38.8 Å². The van der Waals surface area contributed by atoms with Crippen LogP contribution in [-0.4, -0.2) is 54.1 Å². The molecule has 3 N–H and O–H groups in total. The molecule has 6 nitrogen and oxygen atoms in total. The highest BCUT2D eigenvalue weighted by molar-refractivity contribution is 5.52. The Morgan fingerprint density at radius 1 is 1.44 bits per heavy atom. The molecule has 1 unspecified atom stereocenters. The lowest BCUT2D eigenvalue weighted by Crippen LogP contribution is -2.52. The molecule has 0 amide bonds. The highest BCUT2D eigenvalue weighted by atomic mass is 15.3. The molecule has 2 rings (SSSR count). The largest absolute Gasteiger partial charge is 0.373 e. The summed E-state index contributed by atoms with van der Waals surface area (Å²) in [6.45, 7) is 8.58. The zero-order valence-electron chi connectivity index (χ0n) is 11.3. The average Bonchev–Trinajstić information content (AvgIpc) is 2.37. The minimum Gasteiger partial charge on any atom is -0.373 e. The summed E-state index contributed by atoms with van der Waals surface area (Å²) in [5.74, 6) is 2.00. The molecule has 1 atom stereocenters. The number of likely N-dealkylation sites (N-methyl/N-ethyl adjacent to an activating group) is 1. The van der Waals surface area contributed by atoms with Crippen LogP contribution < -0.4 is 16.0 Å². The fourth-order valence-electron chi connectivity index (χ4n) is 2.42. The first kappa shape index (κ1) is 12.9. The zero-order chi connectivity index (χ0) is 13.1. The Kier molecular flexibility index (Phi) is 3.86. The number of rotatable bonds is 3. The quantitative estimate of drug-likeness (QED) is 0.820. The van der Waals surface area contributed by atoms with Gasteiger partial charge in [-0.2, -0.15) is 9.97 Å². The van der Waals surface area contributed by atoms with Gasteiger partial charge in [-0.05, 0) is 13.5 Å². The van der Waals surface area contributed by atoms with E-state index in [0.717, 1.165) is 37.8 Å². The molecule has 1 aromatic rings. The van der Waals surface area contributed by atoms with Crippen molar-refractivity contribution in [2.24, 2.45) is 0 Å². The second-order valence-corrected chi connectivity index (χ2v) is 4.64. The van der Waals surface area contributed by atoms with Crippen LogP contribution in [-0.2, 0) is 0 Å². The van der Waals surface area contributed by atoms with E-state index in [1.165, 1.54) is 0 Å². The Morgan fingerprint density at radius 2 is 2.22 bits per heavy atom. The van der Waals surface area contributed by atoms with E-state index in [1.54, 1.807) is 0 Å². The minimum absolute atomic E-state index is 0.322. The SMILES string of the molecule is CCN1CCN(c2cc(NC)nc(N)n2)CC1C. The van der Waals surface area contributed by atoms with Gasteiger partial charge in [0.25, 0.3) is 0 Å². The van der Waals surface area contributed by atoms with Crippen LogP contribution in [0.15, 0.2) is 6.07 Å². The van der Waals surface area contributed by atoms with E-state index in [1.807, 2.05) is 13.1 Å². The molecule has 6 heteroatoms. The van der Waals surface area contributed by atoms with Gasteiger partial charge in [0.1, 0.15) is 11.6 Å². The average molecular weight is 250 g/mol. The van der Waals surface area contributed by atoms with E-state index in [4.69, 9.17) is 5.73 Å². The summed E-state index contributed by atoms with van der Waals surface area (Å²) >= 11 is 0. The van der Waals surface area contributed by atoms with Crippen LogP contribution in [0.25, 0.3) is 0 Å². The fraction of sp³-hybridized carbons (Fsp3) is 0.667. The third kappa shape index (κ3) is 2.64. The van der Waals surface area contributed by atoms with Crippen molar-refractivity contribution in [1.29, 1.82) is 0 Å². The summed E-state index contributed by atoms with van der Waals surface area (Å²) in [5.41, 5.74) is 5.73. The lowest BCUT2D eigenvalue weighted by atomic mass is 10.2. The molecule has 1 fully saturated rings. The first-order valence-electron chi connectivity index (χ1n) is 6.45. The Hall–Kier alpha value is -1.56. The van der Waals surface area contributed by atoms with Gasteiger partial charge >= 0.3 is 0 Å². The summed E-state index contributed by atoms with van der Waals surface area (Å²) in [6, 6.07) is 2.49. The number of aromatic nitrogens is 2. The molecule has 1 aliphatic rings. The summed E-state index contributed by atoms with van der Waals surface area (Å²) < 4.78 is 0. The molecule has 2 heterocycles. The van der Waals surface area contributed by atoms with Crippen molar-refractivity contribution < 1.29 is 0 Å². The Balaban J connectivity index is 2.15. The van der Waals surface area contributed by atoms with Crippen molar-refractivity contribution in [3.63, 3.8) is 0 Å². The second kappa shape index (κ2) is 5.39. The molecule has 1 saturated heterocycles. The van der Waals surface area contributed by atoms with Gasteiger partial charge < -0.3 is 16.0 Å². The molecule has 0 aromatic carbocycles. The van der Waals surface area contributed by atoms with Gasteiger partial charge in [-0.1, -0.05) is 6.92 Å². The predicted molar refractivity (Wildman–Crippen MR) is 74.9 cm³/mol. The molecule has 1 aromatic heterocycles. The van der Waals surface area contributed by atoms with E-state index >= 15 is 0 Å². The van der Waals surface area contributed by atoms with E-state index in [9.17, 15) is 0 Å².